The lowest BCUT2D eigenvalue weighted by molar-refractivity contribution is 0.609. The molecule has 0 aliphatic carbocycles. The number of hydrogen-bond donors (Lipinski definition) is 1. The van der Waals surface area contributed by atoms with Crippen molar-refractivity contribution in [1.29, 1.82) is 0 Å². The maximum absolute atomic E-state index is 6.10. The molecule has 0 spiro atoms. The molecule has 0 bridgehead atoms. The first-order chi connectivity index (χ1) is 8.64. The van der Waals surface area contributed by atoms with Gasteiger partial charge < -0.3 is 5.32 Å². The molecule has 1 heterocycles. The van der Waals surface area contributed by atoms with E-state index < -0.39 is 0 Å². The predicted octanol–water partition coefficient (Wildman–Crippen LogP) is 3.65. The van der Waals surface area contributed by atoms with E-state index in [2.05, 4.69) is 37.9 Å². The van der Waals surface area contributed by atoms with Gasteiger partial charge in [-0.25, -0.2) is 9.97 Å². The monoisotopic (exact) mass is 373 g/mol. The third kappa shape index (κ3) is 3.11. The SMILES string of the molecule is CC(CCl)(Nc1ncc(I)cn1)c1ccccc1. The fraction of sp³-hybridized carbons (Fsp3) is 0.231. The van der Waals surface area contributed by atoms with Crippen LogP contribution in [-0.2, 0) is 5.54 Å². The lowest BCUT2D eigenvalue weighted by Crippen LogP contribution is -2.34. The smallest absolute Gasteiger partial charge is 0.223 e. The second kappa shape index (κ2) is 5.84. The van der Waals surface area contributed by atoms with E-state index in [1.54, 1.807) is 12.4 Å². The molecule has 3 nitrogen and oxygen atoms in total. The van der Waals surface area contributed by atoms with Crippen LogP contribution in [0.2, 0.25) is 0 Å². The molecule has 5 heteroatoms. The number of rotatable bonds is 4. The topological polar surface area (TPSA) is 37.8 Å². The molecule has 0 radical (unpaired) electrons. The largest absolute Gasteiger partial charge is 0.344 e. The summed E-state index contributed by atoms with van der Waals surface area (Å²) in [6, 6.07) is 10.1. The van der Waals surface area contributed by atoms with Crippen LogP contribution >= 0.6 is 34.2 Å². The minimum atomic E-state index is -0.379. The van der Waals surface area contributed by atoms with E-state index in [1.165, 1.54) is 0 Å². The number of benzene rings is 1. The summed E-state index contributed by atoms with van der Waals surface area (Å²) in [5.74, 6) is 1.02. The average Bonchev–Trinajstić information content (AvgIpc) is 2.42. The number of anilines is 1. The van der Waals surface area contributed by atoms with Crippen LogP contribution in [0.25, 0.3) is 0 Å². The van der Waals surface area contributed by atoms with E-state index in [-0.39, 0.29) is 5.54 Å². The number of halogens is 2. The Morgan fingerprint density at radius 3 is 2.39 bits per heavy atom. The second-order valence-corrected chi connectivity index (χ2v) is 5.69. The van der Waals surface area contributed by atoms with Crippen LogP contribution in [0, 0.1) is 3.57 Å². The van der Waals surface area contributed by atoms with Gasteiger partial charge in [-0.15, -0.1) is 11.6 Å². The molecule has 2 rings (SSSR count). The summed E-state index contributed by atoms with van der Waals surface area (Å²) in [5.41, 5.74) is 0.734. The van der Waals surface area contributed by atoms with Gasteiger partial charge in [0.25, 0.3) is 0 Å². The lowest BCUT2D eigenvalue weighted by atomic mass is 9.94. The molecule has 0 aliphatic rings. The highest BCUT2D eigenvalue weighted by Gasteiger charge is 2.26. The Bertz CT molecular complexity index is 503. The zero-order chi connectivity index (χ0) is 13.0. The summed E-state index contributed by atoms with van der Waals surface area (Å²) in [6.07, 6.45) is 3.55. The van der Waals surface area contributed by atoms with Crippen LogP contribution in [0.1, 0.15) is 12.5 Å². The van der Waals surface area contributed by atoms with Crippen molar-refractivity contribution >= 4 is 40.1 Å². The van der Waals surface area contributed by atoms with Gasteiger partial charge in [0.15, 0.2) is 0 Å². The third-order valence-electron chi connectivity index (χ3n) is 2.69. The summed E-state index contributed by atoms with van der Waals surface area (Å²) in [4.78, 5) is 8.50. The van der Waals surface area contributed by atoms with Gasteiger partial charge in [-0.1, -0.05) is 30.3 Å². The molecule has 0 fully saturated rings. The van der Waals surface area contributed by atoms with E-state index in [9.17, 15) is 0 Å². The Kier molecular flexibility index (Phi) is 4.40. The van der Waals surface area contributed by atoms with Crippen molar-refractivity contribution in [3.63, 3.8) is 0 Å². The Hall–Kier alpha value is -0.880. The van der Waals surface area contributed by atoms with Crippen molar-refractivity contribution < 1.29 is 0 Å². The standard InChI is InChI=1S/C13H13ClIN3/c1-13(9-14,10-5-3-2-4-6-10)18-12-16-7-11(15)8-17-12/h2-8H,9H2,1H3,(H,16,17,18). The molecule has 0 amide bonds. The van der Waals surface area contributed by atoms with E-state index >= 15 is 0 Å². The highest BCUT2D eigenvalue weighted by atomic mass is 127. The Morgan fingerprint density at radius 1 is 1.22 bits per heavy atom. The van der Waals surface area contributed by atoms with E-state index in [0.29, 0.717) is 11.8 Å². The summed E-state index contributed by atoms with van der Waals surface area (Å²) in [5, 5.41) is 3.29. The zero-order valence-electron chi connectivity index (χ0n) is 9.90. The van der Waals surface area contributed by atoms with Gasteiger partial charge in [0, 0.05) is 21.8 Å². The molecule has 1 N–H and O–H groups in total. The number of nitrogens with one attached hydrogen (secondary N) is 1. The third-order valence-corrected chi connectivity index (χ3v) is 3.78. The van der Waals surface area contributed by atoms with Crippen molar-refractivity contribution in [1.82, 2.24) is 9.97 Å². The average molecular weight is 374 g/mol. The molecule has 1 unspecified atom stereocenters. The van der Waals surface area contributed by atoms with Gasteiger partial charge >= 0.3 is 0 Å². The summed E-state index contributed by atoms with van der Waals surface area (Å²) in [6.45, 7) is 2.04. The summed E-state index contributed by atoms with van der Waals surface area (Å²) >= 11 is 8.28. The maximum atomic E-state index is 6.10. The Balaban J connectivity index is 2.26. The molecule has 1 aromatic heterocycles. The molecule has 1 aromatic carbocycles. The van der Waals surface area contributed by atoms with Crippen LogP contribution < -0.4 is 5.32 Å². The molecule has 0 saturated heterocycles. The van der Waals surface area contributed by atoms with Gasteiger partial charge in [-0.2, -0.15) is 0 Å². The molecule has 0 saturated carbocycles. The van der Waals surface area contributed by atoms with Crippen LogP contribution in [0.4, 0.5) is 5.95 Å². The molecule has 1 atom stereocenters. The Labute approximate surface area is 125 Å². The lowest BCUT2D eigenvalue weighted by Gasteiger charge is -2.29. The number of aromatic nitrogens is 2. The van der Waals surface area contributed by atoms with Gasteiger partial charge in [0.2, 0.25) is 5.95 Å². The number of alkyl halides is 1. The first-order valence-electron chi connectivity index (χ1n) is 5.51. The highest BCUT2D eigenvalue weighted by molar-refractivity contribution is 14.1. The predicted molar refractivity (Wildman–Crippen MR) is 82.9 cm³/mol. The molecular weight excluding hydrogens is 361 g/mol. The van der Waals surface area contributed by atoms with Gasteiger partial charge in [-0.3, -0.25) is 0 Å². The summed E-state index contributed by atoms with van der Waals surface area (Å²) in [7, 11) is 0. The van der Waals surface area contributed by atoms with Crippen molar-refractivity contribution in [2.75, 3.05) is 11.2 Å². The molecular formula is C13H13ClIN3. The van der Waals surface area contributed by atoms with Crippen molar-refractivity contribution in [3.8, 4) is 0 Å². The Morgan fingerprint density at radius 2 is 1.83 bits per heavy atom. The van der Waals surface area contributed by atoms with Crippen LogP contribution in [0.3, 0.4) is 0 Å². The van der Waals surface area contributed by atoms with Crippen LogP contribution in [0.15, 0.2) is 42.7 Å². The molecule has 94 valence electrons. The van der Waals surface area contributed by atoms with E-state index in [4.69, 9.17) is 11.6 Å². The van der Waals surface area contributed by atoms with Crippen LogP contribution in [-0.4, -0.2) is 15.8 Å². The normalized spacial score (nSPS) is 13.9. The molecule has 0 aliphatic heterocycles. The van der Waals surface area contributed by atoms with Crippen molar-refractivity contribution in [3.05, 3.63) is 51.9 Å². The first-order valence-corrected chi connectivity index (χ1v) is 7.12. The van der Waals surface area contributed by atoms with Crippen molar-refractivity contribution in [2.24, 2.45) is 0 Å². The fourth-order valence-electron chi connectivity index (χ4n) is 1.61. The molecule has 18 heavy (non-hydrogen) atoms. The number of nitrogens with zero attached hydrogens (tertiary/aromatic N) is 2. The van der Waals surface area contributed by atoms with Gasteiger partial charge in [0.1, 0.15) is 0 Å². The van der Waals surface area contributed by atoms with Gasteiger partial charge in [-0.05, 0) is 35.1 Å². The molecule has 2 aromatic rings. The van der Waals surface area contributed by atoms with E-state index in [0.717, 1.165) is 9.13 Å². The maximum Gasteiger partial charge on any atom is 0.223 e. The highest BCUT2D eigenvalue weighted by Crippen LogP contribution is 2.25. The van der Waals surface area contributed by atoms with Gasteiger partial charge in [0.05, 0.1) is 5.54 Å². The van der Waals surface area contributed by atoms with Crippen molar-refractivity contribution in [2.45, 2.75) is 12.5 Å². The zero-order valence-corrected chi connectivity index (χ0v) is 12.8. The second-order valence-electron chi connectivity index (χ2n) is 4.18. The minimum Gasteiger partial charge on any atom is -0.344 e. The minimum absolute atomic E-state index is 0.379. The van der Waals surface area contributed by atoms with E-state index in [1.807, 2.05) is 37.3 Å². The number of hydrogen-bond acceptors (Lipinski definition) is 3. The summed E-state index contributed by atoms with van der Waals surface area (Å²) < 4.78 is 1.01. The fourth-order valence-corrected chi connectivity index (χ4v) is 2.11. The first kappa shape index (κ1) is 13.5. The van der Waals surface area contributed by atoms with Crippen LogP contribution in [0.5, 0.6) is 0 Å². The quantitative estimate of drug-likeness (QED) is 0.657.